The second-order valence-corrected chi connectivity index (χ2v) is 7.15. The van der Waals surface area contributed by atoms with E-state index in [1.54, 1.807) is 48.5 Å². The van der Waals surface area contributed by atoms with E-state index in [4.69, 9.17) is 4.74 Å². The molecule has 0 aliphatic heterocycles. The third-order valence-electron chi connectivity index (χ3n) is 3.79. The van der Waals surface area contributed by atoms with E-state index in [0.29, 0.717) is 10.5 Å². The maximum absolute atomic E-state index is 12.4. The van der Waals surface area contributed by atoms with E-state index in [0.717, 1.165) is 0 Å². The van der Waals surface area contributed by atoms with E-state index in [2.05, 4.69) is 5.32 Å². The van der Waals surface area contributed by atoms with Crippen molar-refractivity contribution < 1.29 is 23.6 Å². The van der Waals surface area contributed by atoms with Crippen LogP contribution in [-0.4, -0.2) is 40.1 Å². The maximum Gasteiger partial charge on any atom is 0.326 e. The molecule has 6 nitrogen and oxygen atoms in total. The first-order valence-corrected chi connectivity index (χ1v) is 9.39. The molecule has 0 unspecified atom stereocenters. The Labute approximate surface area is 154 Å². The molecule has 0 aliphatic rings. The third kappa shape index (κ3) is 5.50. The lowest BCUT2D eigenvalue weighted by molar-refractivity contribution is -0.144. The fourth-order valence-electron chi connectivity index (χ4n) is 2.44. The molecule has 0 radical (unpaired) electrons. The summed E-state index contributed by atoms with van der Waals surface area (Å²) in [5.41, 5.74) is 0.629. The van der Waals surface area contributed by atoms with Gasteiger partial charge in [0.2, 0.25) is 0 Å². The summed E-state index contributed by atoms with van der Waals surface area (Å²) in [6.45, 7) is 0. The Bertz CT molecular complexity index is 751. The molecule has 0 fully saturated rings. The molecule has 2 aromatic carbocycles. The van der Waals surface area contributed by atoms with Gasteiger partial charge in [-0.2, -0.15) is 0 Å². The Morgan fingerprint density at radius 3 is 2.19 bits per heavy atom. The standard InChI is InChI=1S/C19H21NO5S/c1-25-17(14-8-4-2-5-9-14)18(21)20-16(19(22)23)12-13-26(24)15-10-6-3-7-11-15/h2-11,16-17H,12-13H2,1H3,(H,20,21)(H,22,23)/t16-,17-,26-/m1/s1. The minimum atomic E-state index is -1.33. The van der Waals surface area contributed by atoms with Crippen molar-refractivity contribution in [2.24, 2.45) is 0 Å². The van der Waals surface area contributed by atoms with E-state index < -0.39 is 34.8 Å². The van der Waals surface area contributed by atoms with E-state index in [1.165, 1.54) is 7.11 Å². The average Bonchev–Trinajstić information content (AvgIpc) is 2.66. The summed E-state index contributed by atoms with van der Waals surface area (Å²) in [6.07, 6.45) is -0.856. The van der Waals surface area contributed by atoms with Crippen LogP contribution in [0, 0.1) is 0 Å². The Kier molecular flexibility index (Phi) is 7.50. The molecule has 7 heteroatoms. The Hall–Kier alpha value is -2.51. The first-order chi connectivity index (χ1) is 12.5. The molecule has 0 heterocycles. The van der Waals surface area contributed by atoms with Gasteiger partial charge < -0.3 is 15.2 Å². The summed E-state index contributed by atoms with van der Waals surface area (Å²) >= 11 is 0. The van der Waals surface area contributed by atoms with E-state index in [9.17, 15) is 18.9 Å². The van der Waals surface area contributed by atoms with Gasteiger partial charge >= 0.3 is 5.97 Å². The number of carboxylic acid groups (broad SMARTS) is 1. The highest BCUT2D eigenvalue weighted by molar-refractivity contribution is 7.85. The molecule has 2 aromatic rings. The molecule has 1 amide bonds. The second kappa shape index (κ2) is 9.84. The number of nitrogens with one attached hydrogen (secondary N) is 1. The zero-order chi connectivity index (χ0) is 18.9. The van der Waals surface area contributed by atoms with Crippen molar-refractivity contribution in [2.45, 2.75) is 23.5 Å². The van der Waals surface area contributed by atoms with Gasteiger partial charge in [-0.3, -0.25) is 9.00 Å². The second-order valence-electron chi connectivity index (χ2n) is 5.58. The Morgan fingerprint density at radius 1 is 1.08 bits per heavy atom. The number of hydrogen-bond acceptors (Lipinski definition) is 4. The zero-order valence-corrected chi connectivity index (χ0v) is 15.1. The smallest absolute Gasteiger partial charge is 0.326 e. The summed E-state index contributed by atoms with van der Waals surface area (Å²) < 4.78 is 17.5. The van der Waals surface area contributed by atoms with Crippen LogP contribution in [0.1, 0.15) is 18.1 Å². The molecular weight excluding hydrogens is 354 g/mol. The lowest BCUT2D eigenvalue weighted by Crippen LogP contribution is -2.44. The van der Waals surface area contributed by atoms with Gasteiger partial charge in [0.1, 0.15) is 6.04 Å². The van der Waals surface area contributed by atoms with Crippen LogP contribution < -0.4 is 5.32 Å². The van der Waals surface area contributed by atoms with Crippen LogP contribution in [0.4, 0.5) is 0 Å². The summed E-state index contributed by atoms with van der Waals surface area (Å²) in [5, 5.41) is 11.9. The topological polar surface area (TPSA) is 92.7 Å². The van der Waals surface area contributed by atoms with Crippen molar-refractivity contribution in [3.8, 4) is 0 Å². The number of carbonyl (C=O) groups excluding carboxylic acids is 1. The molecule has 2 rings (SSSR count). The van der Waals surface area contributed by atoms with Gasteiger partial charge in [-0.25, -0.2) is 4.79 Å². The molecule has 3 atom stereocenters. The zero-order valence-electron chi connectivity index (χ0n) is 14.3. The van der Waals surface area contributed by atoms with Gasteiger partial charge in [0.05, 0.1) is 10.8 Å². The lowest BCUT2D eigenvalue weighted by atomic mass is 10.1. The molecule has 0 saturated carbocycles. The van der Waals surface area contributed by atoms with Crippen molar-refractivity contribution >= 4 is 22.7 Å². The average molecular weight is 375 g/mol. The quantitative estimate of drug-likeness (QED) is 0.700. The fourth-order valence-corrected chi connectivity index (χ4v) is 3.59. The fraction of sp³-hybridized carbons (Fsp3) is 0.263. The predicted molar refractivity (Wildman–Crippen MR) is 98.1 cm³/mol. The Balaban J connectivity index is 2.00. The van der Waals surface area contributed by atoms with E-state index in [-0.39, 0.29) is 12.2 Å². The summed E-state index contributed by atoms with van der Waals surface area (Å²) in [5.74, 6) is -1.59. The van der Waals surface area contributed by atoms with Crippen LogP contribution in [0.5, 0.6) is 0 Å². The van der Waals surface area contributed by atoms with Crippen molar-refractivity contribution in [2.75, 3.05) is 12.9 Å². The first kappa shape index (κ1) is 19.8. The highest BCUT2D eigenvalue weighted by Gasteiger charge is 2.26. The summed E-state index contributed by atoms with van der Waals surface area (Å²) in [7, 11) is 0.0567. The SMILES string of the molecule is CO[C@@H](C(=O)N[C@H](CC[S@@](=O)c1ccccc1)C(=O)O)c1ccccc1. The van der Waals surface area contributed by atoms with E-state index in [1.807, 2.05) is 12.1 Å². The molecule has 0 aromatic heterocycles. The molecule has 138 valence electrons. The summed E-state index contributed by atoms with van der Waals surface area (Å²) in [4.78, 5) is 24.5. The van der Waals surface area contributed by atoms with Crippen molar-refractivity contribution in [1.82, 2.24) is 5.32 Å². The number of aliphatic carboxylic acids is 1. The number of amides is 1. The molecule has 0 saturated heterocycles. The van der Waals surface area contributed by atoms with Gasteiger partial charge in [-0.1, -0.05) is 48.5 Å². The molecule has 0 spiro atoms. The van der Waals surface area contributed by atoms with E-state index >= 15 is 0 Å². The number of rotatable bonds is 9. The number of carbonyl (C=O) groups is 2. The van der Waals surface area contributed by atoms with Crippen molar-refractivity contribution in [1.29, 1.82) is 0 Å². The van der Waals surface area contributed by atoms with Crippen molar-refractivity contribution in [3.05, 3.63) is 66.2 Å². The van der Waals surface area contributed by atoms with Gasteiger partial charge in [0.25, 0.3) is 5.91 Å². The molecule has 0 aliphatic carbocycles. The monoisotopic (exact) mass is 375 g/mol. The van der Waals surface area contributed by atoms with Crippen LogP contribution in [0.2, 0.25) is 0 Å². The molecule has 26 heavy (non-hydrogen) atoms. The van der Waals surface area contributed by atoms with Gasteiger partial charge in [-0.15, -0.1) is 0 Å². The first-order valence-electron chi connectivity index (χ1n) is 8.07. The van der Waals surface area contributed by atoms with Crippen LogP contribution in [0.25, 0.3) is 0 Å². The highest BCUT2D eigenvalue weighted by atomic mass is 32.2. The molecule has 2 N–H and O–H groups in total. The van der Waals surface area contributed by atoms with Crippen LogP contribution in [-0.2, 0) is 25.1 Å². The number of benzene rings is 2. The van der Waals surface area contributed by atoms with Gasteiger partial charge in [0.15, 0.2) is 6.10 Å². The maximum atomic E-state index is 12.4. The van der Waals surface area contributed by atoms with Gasteiger partial charge in [0, 0.05) is 17.8 Å². The molecule has 0 bridgehead atoms. The van der Waals surface area contributed by atoms with Crippen molar-refractivity contribution in [3.63, 3.8) is 0 Å². The van der Waals surface area contributed by atoms with Crippen LogP contribution >= 0.6 is 0 Å². The Morgan fingerprint density at radius 2 is 1.65 bits per heavy atom. The number of hydrogen-bond donors (Lipinski definition) is 2. The number of methoxy groups -OCH3 is 1. The van der Waals surface area contributed by atoms with Gasteiger partial charge in [-0.05, 0) is 24.1 Å². The minimum absolute atomic E-state index is 0.0494. The van der Waals surface area contributed by atoms with Crippen LogP contribution in [0.3, 0.4) is 0 Å². The van der Waals surface area contributed by atoms with Crippen LogP contribution in [0.15, 0.2) is 65.6 Å². The number of ether oxygens (including phenoxy) is 1. The summed E-state index contributed by atoms with van der Waals surface area (Å²) in [6, 6.07) is 16.5. The lowest BCUT2D eigenvalue weighted by Gasteiger charge is -2.19. The predicted octanol–water partition coefficient (Wildman–Crippen LogP) is 2.14. The third-order valence-corrected chi connectivity index (χ3v) is 5.19. The minimum Gasteiger partial charge on any atom is -0.480 e. The molecular formula is C19H21NO5S. The highest BCUT2D eigenvalue weighted by Crippen LogP contribution is 2.17. The number of carboxylic acids is 1. The normalized spacial score (nSPS) is 14.2. The largest absolute Gasteiger partial charge is 0.480 e.